The summed E-state index contributed by atoms with van der Waals surface area (Å²) in [6, 6.07) is 0. The number of aliphatic hydroxyl groups excluding tert-OH is 1. The topological polar surface area (TPSA) is 71.5 Å². The number of carbonyl (C=O) groups is 1. The molecule has 0 aliphatic rings. The van der Waals surface area contributed by atoms with Gasteiger partial charge in [0.25, 0.3) is 0 Å². The van der Waals surface area contributed by atoms with Gasteiger partial charge in [0.15, 0.2) is 5.69 Å². The van der Waals surface area contributed by atoms with E-state index in [0.29, 0.717) is 18.8 Å². The van der Waals surface area contributed by atoms with E-state index in [1.807, 2.05) is 0 Å². The normalized spacial score (nSPS) is 10.4. The molecular formula is C10H16N2O3S. The fraction of sp³-hybridized carbons (Fsp3) is 0.600. The second-order valence-corrected chi connectivity index (χ2v) is 4.01. The molecular weight excluding hydrogens is 228 g/mol. The summed E-state index contributed by atoms with van der Waals surface area (Å²) in [7, 11) is 0. The number of thiazole rings is 1. The summed E-state index contributed by atoms with van der Waals surface area (Å²) >= 11 is 1.45. The molecule has 2 N–H and O–H groups in total. The van der Waals surface area contributed by atoms with E-state index in [1.54, 1.807) is 12.3 Å². The molecule has 16 heavy (non-hydrogen) atoms. The van der Waals surface area contributed by atoms with Crippen LogP contribution < -0.4 is 5.32 Å². The Morgan fingerprint density at radius 3 is 3.12 bits per heavy atom. The van der Waals surface area contributed by atoms with Gasteiger partial charge < -0.3 is 15.2 Å². The summed E-state index contributed by atoms with van der Waals surface area (Å²) in [5, 5.41) is 14.2. The Morgan fingerprint density at radius 1 is 1.62 bits per heavy atom. The molecule has 6 heteroatoms. The number of ether oxygens (including phenoxy) is 1. The predicted molar refractivity (Wildman–Crippen MR) is 61.7 cm³/mol. The standard InChI is InChI=1S/C10H16N2O3S/c1-2-15-10(14)8-7-16-9(12-8)3-4-11-5-6-13/h7,11,13H,2-6H2,1H3. The molecule has 0 bridgehead atoms. The lowest BCUT2D eigenvalue weighted by molar-refractivity contribution is 0.0520. The van der Waals surface area contributed by atoms with Crippen molar-refractivity contribution in [3.63, 3.8) is 0 Å². The van der Waals surface area contributed by atoms with Gasteiger partial charge in [0.1, 0.15) is 0 Å². The second kappa shape index (κ2) is 7.32. The van der Waals surface area contributed by atoms with Gasteiger partial charge in [-0.25, -0.2) is 9.78 Å². The summed E-state index contributed by atoms with van der Waals surface area (Å²) in [5.74, 6) is -0.367. The van der Waals surface area contributed by atoms with Crippen molar-refractivity contribution in [2.24, 2.45) is 0 Å². The summed E-state index contributed by atoms with van der Waals surface area (Å²) in [6.07, 6.45) is 0.754. The van der Waals surface area contributed by atoms with E-state index in [1.165, 1.54) is 11.3 Å². The minimum absolute atomic E-state index is 0.131. The highest BCUT2D eigenvalue weighted by Crippen LogP contribution is 2.11. The average Bonchev–Trinajstić information content (AvgIpc) is 2.73. The first-order valence-electron chi connectivity index (χ1n) is 5.21. The number of hydrogen-bond acceptors (Lipinski definition) is 6. The first-order valence-corrected chi connectivity index (χ1v) is 6.09. The molecule has 1 aromatic rings. The zero-order chi connectivity index (χ0) is 11.8. The highest BCUT2D eigenvalue weighted by Gasteiger charge is 2.10. The van der Waals surface area contributed by atoms with Crippen LogP contribution in [0.15, 0.2) is 5.38 Å². The van der Waals surface area contributed by atoms with E-state index in [4.69, 9.17) is 9.84 Å². The van der Waals surface area contributed by atoms with Crippen LogP contribution in [0.3, 0.4) is 0 Å². The van der Waals surface area contributed by atoms with Crippen molar-refractivity contribution in [1.29, 1.82) is 0 Å². The maximum absolute atomic E-state index is 11.3. The molecule has 0 spiro atoms. The first kappa shape index (κ1) is 13.1. The SMILES string of the molecule is CCOC(=O)c1csc(CCNCCO)n1. The molecule has 1 aromatic heterocycles. The highest BCUT2D eigenvalue weighted by molar-refractivity contribution is 7.09. The number of nitrogens with zero attached hydrogens (tertiary/aromatic N) is 1. The molecule has 0 unspecified atom stereocenters. The summed E-state index contributed by atoms with van der Waals surface area (Å²) in [4.78, 5) is 15.5. The van der Waals surface area contributed by atoms with E-state index in [-0.39, 0.29) is 12.6 Å². The van der Waals surface area contributed by atoms with Crippen LogP contribution in [0.1, 0.15) is 22.4 Å². The molecule has 1 heterocycles. The molecule has 0 amide bonds. The number of aromatic nitrogens is 1. The fourth-order valence-corrected chi connectivity index (χ4v) is 1.89. The maximum Gasteiger partial charge on any atom is 0.357 e. The van der Waals surface area contributed by atoms with Crippen LogP contribution in [-0.2, 0) is 11.2 Å². The van der Waals surface area contributed by atoms with Crippen molar-refractivity contribution in [3.8, 4) is 0 Å². The lowest BCUT2D eigenvalue weighted by Gasteiger charge is -1.99. The molecule has 0 aliphatic heterocycles. The molecule has 0 aliphatic carbocycles. The predicted octanol–water partition coefficient (Wildman–Crippen LogP) is 0.444. The lowest BCUT2D eigenvalue weighted by atomic mass is 10.4. The van der Waals surface area contributed by atoms with Crippen molar-refractivity contribution in [3.05, 3.63) is 16.1 Å². The lowest BCUT2D eigenvalue weighted by Crippen LogP contribution is -2.20. The maximum atomic E-state index is 11.3. The minimum Gasteiger partial charge on any atom is -0.461 e. The minimum atomic E-state index is -0.367. The van der Waals surface area contributed by atoms with Gasteiger partial charge in [-0.15, -0.1) is 11.3 Å². The Kier molecular flexibility index (Phi) is 5.99. The average molecular weight is 244 g/mol. The van der Waals surface area contributed by atoms with Gasteiger partial charge in [-0.1, -0.05) is 0 Å². The van der Waals surface area contributed by atoms with Crippen LogP contribution in [0, 0.1) is 0 Å². The van der Waals surface area contributed by atoms with E-state index in [9.17, 15) is 4.79 Å². The van der Waals surface area contributed by atoms with Gasteiger partial charge in [0.2, 0.25) is 0 Å². The molecule has 0 atom stereocenters. The molecule has 0 fully saturated rings. The van der Waals surface area contributed by atoms with Crippen molar-refractivity contribution < 1.29 is 14.6 Å². The highest BCUT2D eigenvalue weighted by atomic mass is 32.1. The van der Waals surface area contributed by atoms with Gasteiger partial charge in [-0.3, -0.25) is 0 Å². The van der Waals surface area contributed by atoms with Crippen LogP contribution in [0.4, 0.5) is 0 Å². The number of nitrogens with one attached hydrogen (secondary N) is 1. The molecule has 0 aromatic carbocycles. The van der Waals surface area contributed by atoms with Crippen LogP contribution in [-0.4, -0.2) is 42.4 Å². The Hall–Kier alpha value is -0.980. The van der Waals surface area contributed by atoms with Crippen molar-refractivity contribution >= 4 is 17.3 Å². The monoisotopic (exact) mass is 244 g/mol. The number of hydrogen-bond donors (Lipinski definition) is 2. The molecule has 5 nitrogen and oxygen atoms in total. The van der Waals surface area contributed by atoms with Gasteiger partial charge in [0, 0.05) is 24.9 Å². The smallest absolute Gasteiger partial charge is 0.357 e. The van der Waals surface area contributed by atoms with E-state index in [2.05, 4.69) is 10.3 Å². The van der Waals surface area contributed by atoms with Crippen molar-refractivity contribution in [1.82, 2.24) is 10.3 Å². The zero-order valence-corrected chi connectivity index (χ0v) is 10.0. The van der Waals surface area contributed by atoms with Crippen LogP contribution in [0.5, 0.6) is 0 Å². The Labute approximate surface area is 98.5 Å². The third-order valence-corrected chi connectivity index (χ3v) is 2.75. The fourth-order valence-electron chi connectivity index (χ4n) is 1.12. The van der Waals surface area contributed by atoms with Crippen molar-refractivity contribution in [2.75, 3.05) is 26.3 Å². The van der Waals surface area contributed by atoms with Crippen LogP contribution in [0.2, 0.25) is 0 Å². The van der Waals surface area contributed by atoms with E-state index >= 15 is 0 Å². The second-order valence-electron chi connectivity index (χ2n) is 3.07. The summed E-state index contributed by atoms with van der Waals surface area (Å²) in [6.45, 7) is 3.59. The Balaban J connectivity index is 2.36. The number of aliphatic hydroxyl groups is 1. The quantitative estimate of drug-likeness (QED) is 0.538. The van der Waals surface area contributed by atoms with Gasteiger partial charge in [-0.05, 0) is 6.92 Å². The van der Waals surface area contributed by atoms with Gasteiger partial charge in [0.05, 0.1) is 18.2 Å². The van der Waals surface area contributed by atoms with Crippen LogP contribution in [0.25, 0.3) is 0 Å². The molecule has 0 saturated heterocycles. The van der Waals surface area contributed by atoms with Crippen molar-refractivity contribution in [2.45, 2.75) is 13.3 Å². The molecule has 0 saturated carbocycles. The Morgan fingerprint density at radius 2 is 2.44 bits per heavy atom. The van der Waals surface area contributed by atoms with E-state index in [0.717, 1.165) is 18.0 Å². The molecule has 0 radical (unpaired) electrons. The zero-order valence-electron chi connectivity index (χ0n) is 9.23. The number of carbonyl (C=O) groups excluding carboxylic acids is 1. The molecule has 90 valence electrons. The Bertz CT molecular complexity index is 328. The summed E-state index contributed by atoms with van der Waals surface area (Å²) < 4.78 is 4.84. The van der Waals surface area contributed by atoms with Gasteiger partial charge in [-0.2, -0.15) is 0 Å². The third kappa shape index (κ3) is 4.26. The van der Waals surface area contributed by atoms with E-state index < -0.39 is 0 Å². The van der Waals surface area contributed by atoms with Crippen LogP contribution >= 0.6 is 11.3 Å². The summed E-state index contributed by atoms with van der Waals surface area (Å²) in [5.41, 5.74) is 0.379. The third-order valence-electron chi connectivity index (χ3n) is 1.84. The number of esters is 1. The number of rotatable bonds is 7. The first-order chi connectivity index (χ1) is 7.77. The largest absolute Gasteiger partial charge is 0.461 e. The van der Waals surface area contributed by atoms with Gasteiger partial charge >= 0.3 is 5.97 Å². The molecule has 1 rings (SSSR count).